The Balaban J connectivity index is 1.59. The van der Waals surface area contributed by atoms with Crippen molar-refractivity contribution in [2.45, 2.75) is 204 Å². The number of carbonyl (C=O) groups is 11. The molecule has 3 rings (SSSR count). The van der Waals surface area contributed by atoms with Gasteiger partial charge in [-0.15, -0.1) is 0 Å². The molecule has 3 saturated heterocycles. The van der Waals surface area contributed by atoms with Crippen LogP contribution in [0.15, 0.2) is 4.99 Å². The standard InChI is InChI=1S/C51H89N15O12S/c1-26(2)22-33(62-47(75)36-16-13-21-66(36)49(77)32(15-12-20-57-50(54)55)60-48(76)40(28(5)6)64-44(72)30(52)24-39(68)69)45(73)58-29(7)43(71)61-34(23-27(3)4)46(74)59-31(42(53)70)14-10-11-19-56-38(67)18-9-8-17-37-41-35(25-79-37)63-51(78)65-41/h26-37,40-41H,8-25,52H2,1-7H3,(H2,53,70)(H,56,67)(H,58,73)(H,59,74)(H,60,76)(H,61,71)(H,62,75)(H,64,72)(H,68,69)(H4,54,55,57)(H2,63,65,78)/t29-,30-,31-,32-,33-,34-,35+,36-,37-,40-,41+/m0/s1. The number of likely N-dealkylation sites (tertiary alicyclic amines) is 1. The molecule has 0 aromatic rings. The zero-order valence-corrected chi connectivity index (χ0v) is 47.7. The number of fused-ring (bicyclic) bond motifs is 1. The van der Waals surface area contributed by atoms with Crippen LogP contribution in [0.4, 0.5) is 4.79 Å². The maximum absolute atomic E-state index is 14.3. The summed E-state index contributed by atoms with van der Waals surface area (Å²) in [5.74, 6) is -7.26. The first-order chi connectivity index (χ1) is 37.2. The first kappa shape index (κ1) is 66.8. The van der Waals surface area contributed by atoms with Crippen LogP contribution in [-0.4, -0.2) is 172 Å². The smallest absolute Gasteiger partial charge is 0.315 e. The van der Waals surface area contributed by atoms with E-state index in [2.05, 4.69) is 52.8 Å². The largest absolute Gasteiger partial charge is 0.481 e. The van der Waals surface area contributed by atoms with Crippen LogP contribution in [0.25, 0.3) is 0 Å². The SMILES string of the molecule is CC(C)C[C@H](NC(=O)[C@H](C)NC(=O)[C@H](CC(C)C)NC(=O)[C@@H]1CCCN1C(=O)[C@H](CCCN=C(N)N)NC(=O)[C@@H](NC(=O)[C@@H](N)CC(=O)O)C(C)C)C(=O)N[C@@H](CCCCNC(=O)CCCC[C@@H]1SC[C@H]2NC(=O)N[C@@H]12)C(N)=O. The Labute approximate surface area is 467 Å². The van der Waals surface area contributed by atoms with Gasteiger partial charge in [-0.05, 0) is 95.3 Å². The predicted octanol–water partition coefficient (Wildman–Crippen LogP) is -1.99. The zero-order valence-electron chi connectivity index (χ0n) is 46.9. The Hall–Kier alpha value is -6.45. The molecule has 0 bridgehead atoms. The summed E-state index contributed by atoms with van der Waals surface area (Å²) < 4.78 is 0. The number of nitrogens with two attached hydrogens (primary N) is 4. The third-order valence-electron chi connectivity index (χ3n) is 13.8. The minimum atomic E-state index is -1.45. The number of guanidine groups is 1. The van der Waals surface area contributed by atoms with Crippen LogP contribution in [0.3, 0.4) is 0 Å². The molecule has 79 heavy (non-hydrogen) atoms. The Morgan fingerprint density at radius 3 is 1.96 bits per heavy atom. The van der Waals surface area contributed by atoms with Gasteiger partial charge < -0.3 is 80.8 Å². The molecule has 18 N–H and O–H groups in total. The lowest BCUT2D eigenvalue weighted by Gasteiger charge is -2.31. The number of rotatable bonds is 35. The topological polar surface area (TPSA) is 436 Å². The van der Waals surface area contributed by atoms with Crippen molar-refractivity contribution in [2.24, 2.45) is 45.7 Å². The molecule has 0 saturated carbocycles. The van der Waals surface area contributed by atoms with Gasteiger partial charge in [0.15, 0.2) is 5.96 Å². The van der Waals surface area contributed by atoms with Crippen LogP contribution in [0.5, 0.6) is 0 Å². The second kappa shape index (κ2) is 33.2. The molecule has 0 aromatic heterocycles. The van der Waals surface area contributed by atoms with Gasteiger partial charge >= 0.3 is 12.0 Å². The Kier molecular flexibility index (Phi) is 28.1. The van der Waals surface area contributed by atoms with E-state index in [1.54, 1.807) is 13.8 Å². The molecule has 11 amide bonds. The molecule has 0 radical (unpaired) electrons. The molecule has 28 heteroatoms. The number of urea groups is 1. The minimum Gasteiger partial charge on any atom is -0.481 e. The molecule has 3 aliphatic rings. The second-order valence-corrected chi connectivity index (χ2v) is 23.2. The number of primary amides is 1. The number of carboxylic acid groups (broad SMARTS) is 1. The van der Waals surface area contributed by atoms with Crippen molar-refractivity contribution in [2.75, 3.05) is 25.4 Å². The van der Waals surface area contributed by atoms with Crippen molar-refractivity contribution in [1.29, 1.82) is 0 Å². The van der Waals surface area contributed by atoms with Gasteiger partial charge in [-0.2, -0.15) is 11.8 Å². The van der Waals surface area contributed by atoms with Gasteiger partial charge in [-0.1, -0.05) is 48.0 Å². The van der Waals surface area contributed by atoms with Crippen molar-refractivity contribution in [3.8, 4) is 0 Å². The van der Waals surface area contributed by atoms with E-state index >= 15 is 0 Å². The molecule has 446 valence electrons. The lowest BCUT2D eigenvalue weighted by Crippen LogP contribution is -2.60. The molecule has 0 aliphatic carbocycles. The minimum absolute atomic E-state index is 0.0155. The molecule has 0 aromatic carbocycles. The first-order valence-corrected chi connectivity index (χ1v) is 28.6. The van der Waals surface area contributed by atoms with Gasteiger partial charge in [-0.3, -0.25) is 52.9 Å². The maximum Gasteiger partial charge on any atom is 0.315 e. The van der Waals surface area contributed by atoms with Crippen LogP contribution < -0.4 is 70.8 Å². The van der Waals surface area contributed by atoms with Gasteiger partial charge in [0.05, 0.1) is 24.5 Å². The third-order valence-corrected chi connectivity index (χ3v) is 15.3. The highest BCUT2D eigenvalue weighted by molar-refractivity contribution is 8.00. The second-order valence-electron chi connectivity index (χ2n) is 21.9. The number of carboxylic acids is 1. The van der Waals surface area contributed by atoms with Crippen molar-refractivity contribution in [1.82, 2.24) is 52.8 Å². The number of aliphatic imine (C=N–C) groups is 1. The summed E-state index contributed by atoms with van der Waals surface area (Å²) in [5, 5.41) is 34.1. The van der Waals surface area contributed by atoms with Crippen molar-refractivity contribution >= 4 is 82.9 Å². The molecular formula is C51H89N15O12S. The van der Waals surface area contributed by atoms with Gasteiger partial charge in [0, 0.05) is 37.1 Å². The molecule has 11 atom stereocenters. The number of aliphatic carboxylic acids is 1. The van der Waals surface area contributed by atoms with Crippen LogP contribution in [0.2, 0.25) is 0 Å². The number of nitrogens with zero attached hydrogens (tertiary/aromatic N) is 2. The molecule has 27 nitrogen and oxygen atoms in total. The van der Waals surface area contributed by atoms with Crippen LogP contribution in [-0.2, 0) is 47.9 Å². The number of carbonyl (C=O) groups excluding carboxylic acids is 10. The summed E-state index contributed by atoms with van der Waals surface area (Å²) in [4.78, 5) is 149. The summed E-state index contributed by atoms with van der Waals surface area (Å²) in [6.45, 7) is 12.6. The highest BCUT2D eigenvalue weighted by atomic mass is 32.2. The van der Waals surface area contributed by atoms with E-state index in [1.807, 2.05) is 39.5 Å². The Morgan fingerprint density at radius 1 is 0.722 bits per heavy atom. The van der Waals surface area contributed by atoms with Crippen LogP contribution >= 0.6 is 11.8 Å². The highest BCUT2D eigenvalue weighted by Gasteiger charge is 2.43. The Bertz CT molecular complexity index is 2160. The average molecular weight is 1140 g/mol. The molecule has 3 fully saturated rings. The Morgan fingerprint density at radius 2 is 1.34 bits per heavy atom. The van der Waals surface area contributed by atoms with Gasteiger partial charge in [-0.25, -0.2) is 4.79 Å². The van der Waals surface area contributed by atoms with E-state index in [0.717, 1.165) is 18.6 Å². The lowest BCUT2D eigenvalue weighted by molar-refractivity contribution is -0.143. The number of thioether (sulfide) groups is 1. The summed E-state index contributed by atoms with van der Waals surface area (Å²) in [5.41, 5.74) is 22.4. The molecule has 3 heterocycles. The fraction of sp³-hybridized carbons (Fsp3) is 0.765. The van der Waals surface area contributed by atoms with E-state index in [0.29, 0.717) is 43.9 Å². The van der Waals surface area contributed by atoms with E-state index in [9.17, 15) is 52.7 Å². The fourth-order valence-electron chi connectivity index (χ4n) is 9.57. The zero-order chi connectivity index (χ0) is 59.1. The van der Waals surface area contributed by atoms with Crippen molar-refractivity contribution in [3.63, 3.8) is 0 Å². The first-order valence-electron chi connectivity index (χ1n) is 27.6. The number of unbranched alkanes of at least 4 members (excludes halogenated alkanes) is 2. The average Bonchev–Trinajstić information content (AvgIpc) is 4.14. The molecule has 0 unspecified atom stereocenters. The summed E-state index contributed by atoms with van der Waals surface area (Å²) in [7, 11) is 0. The molecule has 3 aliphatic heterocycles. The van der Waals surface area contributed by atoms with Crippen molar-refractivity contribution in [3.05, 3.63) is 0 Å². The van der Waals surface area contributed by atoms with Crippen LogP contribution in [0.1, 0.15) is 138 Å². The van der Waals surface area contributed by atoms with Crippen molar-refractivity contribution < 1.29 is 57.8 Å². The number of amides is 11. The summed E-state index contributed by atoms with van der Waals surface area (Å²) in [6, 6.07) is -9.40. The fourth-order valence-corrected chi connectivity index (χ4v) is 11.1. The molecular weight excluding hydrogens is 1050 g/mol. The van der Waals surface area contributed by atoms with Gasteiger partial charge in [0.25, 0.3) is 0 Å². The number of nitrogens with one attached hydrogen (secondary N) is 9. The van der Waals surface area contributed by atoms with E-state index < -0.39 is 114 Å². The number of hydrogen-bond acceptors (Lipinski definition) is 14. The quantitative estimate of drug-likeness (QED) is 0.0141. The van der Waals surface area contributed by atoms with Gasteiger partial charge in [0.1, 0.15) is 42.3 Å². The maximum atomic E-state index is 14.3. The number of hydrogen-bond donors (Lipinski definition) is 14. The van der Waals surface area contributed by atoms with E-state index in [-0.39, 0.29) is 93.4 Å². The monoisotopic (exact) mass is 1140 g/mol. The lowest BCUT2D eigenvalue weighted by atomic mass is 10.0. The summed E-state index contributed by atoms with van der Waals surface area (Å²) in [6.07, 6.45) is 4.44. The van der Waals surface area contributed by atoms with E-state index in [4.69, 9.17) is 28.0 Å². The summed E-state index contributed by atoms with van der Waals surface area (Å²) >= 11 is 1.83. The third kappa shape index (κ3) is 23.0. The van der Waals surface area contributed by atoms with Gasteiger partial charge in [0.2, 0.25) is 53.2 Å². The molecule has 0 spiro atoms. The highest BCUT2D eigenvalue weighted by Crippen LogP contribution is 2.33. The normalized spacial score (nSPS) is 20.2. The van der Waals surface area contributed by atoms with E-state index in [1.165, 1.54) is 11.8 Å². The van der Waals surface area contributed by atoms with Crippen LogP contribution in [0, 0.1) is 17.8 Å². The predicted molar refractivity (Wildman–Crippen MR) is 296 cm³/mol.